The Morgan fingerprint density at radius 1 is 1.36 bits per heavy atom. The molecule has 0 aliphatic rings. The molecule has 0 aromatic carbocycles. The van der Waals surface area contributed by atoms with Crippen LogP contribution in [0.15, 0.2) is 30.5 Å². The smallest absolute Gasteiger partial charge is 0.153 e. The first-order valence-corrected chi connectivity index (χ1v) is 4.39. The van der Waals surface area contributed by atoms with Crippen molar-refractivity contribution in [1.29, 1.82) is 0 Å². The summed E-state index contributed by atoms with van der Waals surface area (Å²) in [6, 6.07) is 7.39. The van der Waals surface area contributed by atoms with Crippen molar-refractivity contribution in [3.63, 3.8) is 0 Å². The Labute approximate surface area is 81.8 Å². The number of aliphatic hydroxyl groups is 1. The van der Waals surface area contributed by atoms with Crippen LogP contribution in [0.2, 0.25) is 0 Å². The number of hydrogen-bond acceptors (Lipinski definition) is 3. The van der Waals surface area contributed by atoms with Crippen molar-refractivity contribution in [1.82, 2.24) is 14.8 Å². The molecule has 0 spiro atoms. The zero-order chi connectivity index (χ0) is 9.97. The van der Waals surface area contributed by atoms with Crippen LogP contribution < -0.4 is 0 Å². The van der Waals surface area contributed by atoms with E-state index < -0.39 is 0 Å². The first-order valence-electron chi connectivity index (χ1n) is 4.39. The lowest BCUT2D eigenvalue weighted by molar-refractivity contribution is 0.276. The summed E-state index contributed by atoms with van der Waals surface area (Å²) in [6.07, 6.45) is 1.85. The first-order chi connectivity index (χ1) is 6.79. The molecule has 0 aliphatic heterocycles. The monoisotopic (exact) mass is 189 g/mol. The van der Waals surface area contributed by atoms with E-state index in [1.165, 1.54) is 0 Å². The predicted molar refractivity (Wildman–Crippen MR) is 52.0 cm³/mol. The van der Waals surface area contributed by atoms with E-state index in [0.29, 0.717) is 5.69 Å². The van der Waals surface area contributed by atoms with Gasteiger partial charge in [0.1, 0.15) is 0 Å². The molecule has 14 heavy (non-hydrogen) atoms. The molecule has 2 heterocycles. The Morgan fingerprint density at radius 3 is 2.86 bits per heavy atom. The number of rotatable bonds is 2. The molecular weight excluding hydrogens is 178 g/mol. The third-order valence-electron chi connectivity index (χ3n) is 1.91. The van der Waals surface area contributed by atoms with E-state index >= 15 is 0 Å². The van der Waals surface area contributed by atoms with Crippen LogP contribution in [0.3, 0.4) is 0 Å². The second-order valence-corrected chi connectivity index (χ2v) is 3.05. The van der Waals surface area contributed by atoms with Gasteiger partial charge in [0.2, 0.25) is 0 Å². The van der Waals surface area contributed by atoms with Gasteiger partial charge in [-0.1, -0.05) is 6.07 Å². The summed E-state index contributed by atoms with van der Waals surface area (Å²) < 4.78 is 1.69. The zero-order valence-electron chi connectivity index (χ0n) is 7.88. The third kappa shape index (κ3) is 1.65. The molecule has 4 heteroatoms. The average Bonchev–Trinajstić information content (AvgIpc) is 2.65. The van der Waals surface area contributed by atoms with Crippen molar-refractivity contribution >= 4 is 0 Å². The summed E-state index contributed by atoms with van der Waals surface area (Å²) in [6.45, 7) is 1.88. The number of pyridine rings is 1. The number of aromatic nitrogens is 3. The van der Waals surface area contributed by atoms with Crippen molar-refractivity contribution in [3.8, 4) is 5.82 Å². The van der Waals surface area contributed by atoms with Gasteiger partial charge in [-0.2, -0.15) is 5.10 Å². The van der Waals surface area contributed by atoms with Crippen LogP contribution >= 0.6 is 0 Å². The Balaban J connectivity index is 2.41. The predicted octanol–water partition coefficient (Wildman–Crippen LogP) is 1.07. The van der Waals surface area contributed by atoms with Gasteiger partial charge in [-0.3, -0.25) is 0 Å². The average molecular weight is 189 g/mol. The summed E-state index contributed by atoms with van der Waals surface area (Å²) in [5, 5.41) is 13.2. The SMILES string of the molecule is Cc1ccn(-c2cccc(CO)n2)n1. The summed E-state index contributed by atoms with van der Waals surface area (Å²) in [5.74, 6) is 0.727. The second kappa shape index (κ2) is 3.59. The minimum Gasteiger partial charge on any atom is -0.390 e. The zero-order valence-corrected chi connectivity index (χ0v) is 7.88. The second-order valence-electron chi connectivity index (χ2n) is 3.05. The molecule has 2 aromatic heterocycles. The van der Waals surface area contributed by atoms with Crippen molar-refractivity contribution in [2.24, 2.45) is 0 Å². The van der Waals surface area contributed by atoms with E-state index in [-0.39, 0.29) is 6.61 Å². The van der Waals surface area contributed by atoms with Crippen LogP contribution in [0.25, 0.3) is 5.82 Å². The van der Waals surface area contributed by atoms with Gasteiger partial charge >= 0.3 is 0 Å². The Hall–Kier alpha value is -1.68. The molecule has 2 rings (SSSR count). The van der Waals surface area contributed by atoms with E-state index in [4.69, 9.17) is 5.11 Å². The highest BCUT2D eigenvalue weighted by molar-refractivity contribution is 5.23. The minimum atomic E-state index is -0.0475. The van der Waals surface area contributed by atoms with E-state index in [1.54, 1.807) is 10.7 Å². The first kappa shape index (κ1) is 8.90. The van der Waals surface area contributed by atoms with Crippen LogP contribution in [0.4, 0.5) is 0 Å². The van der Waals surface area contributed by atoms with Crippen LogP contribution in [0.5, 0.6) is 0 Å². The molecule has 0 aliphatic carbocycles. The number of hydrogen-bond donors (Lipinski definition) is 1. The van der Waals surface area contributed by atoms with Crippen LogP contribution in [-0.2, 0) is 6.61 Å². The fraction of sp³-hybridized carbons (Fsp3) is 0.200. The molecule has 1 N–H and O–H groups in total. The number of nitrogens with zero attached hydrogens (tertiary/aromatic N) is 3. The molecular formula is C10H11N3O. The molecule has 0 saturated carbocycles. The summed E-state index contributed by atoms with van der Waals surface area (Å²) >= 11 is 0. The standard InChI is InChI=1S/C10H11N3O/c1-8-5-6-13(12-8)10-4-2-3-9(7-14)11-10/h2-6,14H,7H2,1H3. The molecule has 0 unspecified atom stereocenters. The maximum Gasteiger partial charge on any atom is 0.153 e. The van der Waals surface area contributed by atoms with Gasteiger partial charge in [-0.25, -0.2) is 9.67 Å². The van der Waals surface area contributed by atoms with Crippen LogP contribution in [0.1, 0.15) is 11.4 Å². The molecule has 4 nitrogen and oxygen atoms in total. The lowest BCUT2D eigenvalue weighted by Crippen LogP contribution is -2.00. The van der Waals surface area contributed by atoms with E-state index in [1.807, 2.05) is 31.3 Å². The topological polar surface area (TPSA) is 50.9 Å². The Bertz CT molecular complexity index is 436. The van der Waals surface area contributed by atoms with Gasteiger partial charge in [0.25, 0.3) is 0 Å². The molecule has 2 aromatic rings. The van der Waals surface area contributed by atoms with Crippen LogP contribution in [0, 0.1) is 6.92 Å². The van der Waals surface area contributed by atoms with E-state index in [9.17, 15) is 0 Å². The Morgan fingerprint density at radius 2 is 2.21 bits per heavy atom. The van der Waals surface area contributed by atoms with Gasteiger partial charge in [0.15, 0.2) is 5.82 Å². The van der Waals surface area contributed by atoms with Crippen molar-refractivity contribution < 1.29 is 5.11 Å². The highest BCUT2D eigenvalue weighted by atomic mass is 16.3. The number of aliphatic hydroxyl groups excluding tert-OH is 1. The van der Waals surface area contributed by atoms with Gasteiger partial charge < -0.3 is 5.11 Å². The molecule has 72 valence electrons. The largest absolute Gasteiger partial charge is 0.390 e. The lowest BCUT2D eigenvalue weighted by Gasteiger charge is -2.01. The van der Waals surface area contributed by atoms with E-state index in [2.05, 4.69) is 10.1 Å². The molecule has 0 fully saturated rings. The van der Waals surface area contributed by atoms with Crippen LogP contribution in [-0.4, -0.2) is 19.9 Å². The number of aryl methyl sites for hydroxylation is 1. The molecule has 0 saturated heterocycles. The normalized spacial score (nSPS) is 10.4. The minimum absolute atomic E-state index is 0.0475. The quantitative estimate of drug-likeness (QED) is 0.768. The highest BCUT2D eigenvalue weighted by Gasteiger charge is 2.00. The summed E-state index contributed by atoms with van der Waals surface area (Å²) in [4.78, 5) is 4.23. The maximum absolute atomic E-state index is 8.92. The third-order valence-corrected chi connectivity index (χ3v) is 1.91. The van der Waals surface area contributed by atoms with Crippen molar-refractivity contribution in [3.05, 3.63) is 41.9 Å². The van der Waals surface area contributed by atoms with Crippen molar-refractivity contribution in [2.75, 3.05) is 0 Å². The lowest BCUT2D eigenvalue weighted by atomic mass is 10.3. The summed E-state index contributed by atoms with van der Waals surface area (Å²) in [5.41, 5.74) is 1.59. The van der Waals surface area contributed by atoms with Gasteiger partial charge in [-0.15, -0.1) is 0 Å². The summed E-state index contributed by atoms with van der Waals surface area (Å²) in [7, 11) is 0. The molecule has 0 bridgehead atoms. The molecule has 0 amide bonds. The van der Waals surface area contributed by atoms with Gasteiger partial charge in [-0.05, 0) is 25.1 Å². The Kier molecular flexibility index (Phi) is 2.28. The van der Waals surface area contributed by atoms with E-state index in [0.717, 1.165) is 11.5 Å². The van der Waals surface area contributed by atoms with Gasteiger partial charge in [0, 0.05) is 6.20 Å². The molecule has 0 atom stereocenters. The maximum atomic E-state index is 8.92. The van der Waals surface area contributed by atoms with Gasteiger partial charge in [0.05, 0.1) is 18.0 Å². The van der Waals surface area contributed by atoms with Crippen molar-refractivity contribution in [2.45, 2.75) is 13.5 Å². The fourth-order valence-corrected chi connectivity index (χ4v) is 1.23. The fourth-order valence-electron chi connectivity index (χ4n) is 1.23. The molecule has 0 radical (unpaired) electrons. The highest BCUT2D eigenvalue weighted by Crippen LogP contribution is 2.05.